The van der Waals surface area contributed by atoms with Crippen LogP contribution in [0.3, 0.4) is 0 Å². The van der Waals surface area contributed by atoms with Crippen LogP contribution in [0.15, 0.2) is 42.5 Å². The molecule has 0 aliphatic heterocycles. The molecule has 0 saturated carbocycles. The summed E-state index contributed by atoms with van der Waals surface area (Å²) < 4.78 is 51.5. The summed E-state index contributed by atoms with van der Waals surface area (Å²) in [6, 6.07) is 8.46. The minimum absolute atomic E-state index is 0.0353. The van der Waals surface area contributed by atoms with E-state index in [4.69, 9.17) is 0 Å². The van der Waals surface area contributed by atoms with E-state index in [1.54, 1.807) is 24.3 Å². The maximum absolute atomic E-state index is 13.2. The van der Waals surface area contributed by atoms with Crippen molar-refractivity contribution in [2.24, 2.45) is 0 Å². The lowest BCUT2D eigenvalue weighted by atomic mass is 10.2. The van der Waals surface area contributed by atoms with Gasteiger partial charge in [0.1, 0.15) is 6.04 Å². The second kappa shape index (κ2) is 7.18. The van der Waals surface area contributed by atoms with Gasteiger partial charge in [-0.05, 0) is 38.1 Å². The Morgan fingerprint density at radius 1 is 1.08 bits per heavy atom. The lowest BCUT2D eigenvalue weighted by Crippen LogP contribution is -2.45. The normalized spacial score (nSPS) is 12.5. The van der Waals surface area contributed by atoms with Gasteiger partial charge in [0.25, 0.3) is 0 Å². The molecule has 5 nitrogen and oxygen atoms in total. The molecule has 2 rings (SSSR count). The Morgan fingerprint density at radius 2 is 1.68 bits per heavy atom. The minimum atomic E-state index is -3.74. The fourth-order valence-electron chi connectivity index (χ4n) is 2.32. The number of hydrogen-bond acceptors (Lipinski definition) is 3. The van der Waals surface area contributed by atoms with Gasteiger partial charge in [0.2, 0.25) is 15.9 Å². The van der Waals surface area contributed by atoms with Crippen LogP contribution in [0, 0.1) is 18.6 Å². The smallest absolute Gasteiger partial charge is 0.247 e. The zero-order chi connectivity index (χ0) is 18.8. The molecule has 25 heavy (non-hydrogen) atoms. The molecular weight excluding hydrogens is 350 g/mol. The lowest BCUT2D eigenvalue weighted by molar-refractivity contribution is -0.116. The van der Waals surface area contributed by atoms with Gasteiger partial charge in [-0.1, -0.05) is 17.7 Å². The molecule has 1 amide bonds. The highest BCUT2D eigenvalue weighted by Gasteiger charge is 2.29. The summed E-state index contributed by atoms with van der Waals surface area (Å²) in [6.07, 6.45) is 0.994. The first-order chi connectivity index (χ1) is 11.6. The van der Waals surface area contributed by atoms with Crippen molar-refractivity contribution < 1.29 is 22.0 Å². The van der Waals surface area contributed by atoms with E-state index >= 15 is 0 Å². The number of carbonyl (C=O) groups excluding carboxylic acids is 1. The van der Waals surface area contributed by atoms with Crippen molar-refractivity contribution in [2.45, 2.75) is 19.9 Å². The van der Waals surface area contributed by atoms with Gasteiger partial charge in [-0.3, -0.25) is 9.10 Å². The molecular formula is C17H18F2N2O3S. The van der Waals surface area contributed by atoms with Gasteiger partial charge in [-0.15, -0.1) is 0 Å². The fourth-order valence-corrected chi connectivity index (χ4v) is 3.50. The summed E-state index contributed by atoms with van der Waals surface area (Å²) in [5.41, 5.74) is 1.31. The Morgan fingerprint density at radius 3 is 2.20 bits per heavy atom. The summed E-state index contributed by atoms with van der Waals surface area (Å²) in [7, 11) is -3.74. The number of nitrogens with zero attached hydrogens (tertiary/aromatic N) is 1. The van der Waals surface area contributed by atoms with Gasteiger partial charge < -0.3 is 5.32 Å². The van der Waals surface area contributed by atoms with Crippen LogP contribution in [0.5, 0.6) is 0 Å². The van der Waals surface area contributed by atoms with E-state index in [0.29, 0.717) is 5.69 Å². The number of hydrogen-bond donors (Lipinski definition) is 1. The maximum atomic E-state index is 13.2. The van der Waals surface area contributed by atoms with Crippen LogP contribution in [-0.2, 0) is 14.8 Å². The Hall–Kier alpha value is -2.48. The molecule has 134 valence electrons. The van der Waals surface area contributed by atoms with E-state index in [0.717, 1.165) is 28.3 Å². The highest BCUT2D eigenvalue weighted by atomic mass is 32.2. The summed E-state index contributed by atoms with van der Waals surface area (Å²) in [5.74, 6) is -2.82. The highest BCUT2D eigenvalue weighted by Crippen LogP contribution is 2.22. The predicted octanol–water partition coefficient (Wildman–Crippen LogP) is 3.07. The van der Waals surface area contributed by atoms with Crippen molar-refractivity contribution in [1.29, 1.82) is 0 Å². The summed E-state index contributed by atoms with van der Waals surface area (Å²) >= 11 is 0. The zero-order valence-electron chi connectivity index (χ0n) is 14.0. The summed E-state index contributed by atoms with van der Waals surface area (Å²) in [5, 5.41) is 2.39. The first-order valence-corrected chi connectivity index (χ1v) is 9.26. The van der Waals surface area contributed by atoms with Crippen LogP contribution < -0.4 is 9.62 Å². The number of carbonyl (C=O) groups is 1. The Bertz CT molecular complexity index is 883. The third-order valence-corrected chi connectivity index (χ3v) is 4.81. The summed E-state index contributed by atoms with van der Waals surface area (Å²) in [4.78, 5) is 12.4. The number of nitrogens with one attached hydrogen (secondary N) is 1. The quantitative estimate of drug-likeness (QED) is 0.882. The molecule has 1 atom stereocenters. The van der Waals surface area contributed by atoms with E-state index in [1.807, 2.05) is 6.92 Å². The van der Waals surface area contributed by atoms with Crippen molar-refractivity contribution in [3.05, 3.63) is 59.7 Å². The largest absolute Gasteiger partial charge is 0.324 e. The molecule has 0 aliphatic carbocycles. The van der Waals surface area contributed by atoms with Gasteiger partial charge in [0.05, 0.1) is 11.9 Å². The van der Waals surface area contributed by atoms with Crippen molar-refractivity contribution >= 4 is 27.3 Å². The third-order valence-electron chi connectivity index (χ3n) is 3.56. The van der Waals surface area contributed by atoms with E-state index in [-0.39, 0.29) is 5.69 Å². The van der Waals surface area contributed by atoms with Crippen LogP contribution >= 0.6 is 0 Å². The Kier molecular flexibility index (Phi) is 5.42. The number of rotatable bonds is 5. The minimum Gasteiger partial charge on any atom is -0.324 e. The molecule has 0 spiro atoms. The molecule has 1 N–H and O–H groups in total. The number of halogens is 2. The zero-order valence-corrected chi connectivity index (χ0v) is 14.8. The topological polar surface area (TPSA) is 66.5 Å². The predicted molar refractivity (Wildman–Crippen MR) is 93.0 cm³/mol. The molecule has 0 unspecified atom stereocenters. The number of benzene rings is 2. The van der Waals surface area contributed by atoms with Crippen LogP contribution in [0.1, 0.15) is 12.5 Å². The van der Waals surface area contributed by atoms with Crippen LogP contribution in [0.2, 0.25) is 0 Å². The average Bonchev–Trinajstić information content (AvgIpc) is 2.51. The van der Waals surface area contributed by atoms with Gasteiger partial charge in [0.15, 0.2) is 11.6 Å². The van der Waals surface area contributed by atoms with Crippen molar-refractivity contribution in [1.82, 2.24) is 0 Å². The molecule has 0 saturated heterocycles. The second-order valence-electron chi connectivity index (χ2n) is 5.69. The monoisotopic (exact) mass is 368 g/mol. The maximum Gasteiger partial charge on any atom is 0.247 e. The number of anilines is 2. The Balaban J connectivity index is 2.29. The molecule has 0 aromatic heterocycles. The number of sulfonamides is 1. The first kappa shape index (κ1) is 18.9. The second-order valence-corrected chi connectivity index (χ2v) is 7.55. The van der Waals surface area contributed by atoms with Crippen LogP contribution in [0.25, 0.3) is 0 Å². The molecule has 0 radical (unpaired) electrons. The van der Waals surface area contributed by atoms with E-state index < -0.39 is 33.6 Å². The fraction of sp³-hybridized carbons (Fsp3) is 0.235. The van der Waals surface area contributed by atoms with Crippen LogP contribution in [0.4, 0.5) is 20.2 Å². The van der Waals surface area contributed by atoms with Gasteiger partial charge in [0, 0.05) is 11.8 Å². The highest BCUT2D eigenvalue weighted by molar-refractivity contribution is 7.92. The van der Waals surface area contributed by atoms with Crippen molar-refractivity contribution in [2.75, 3.05) is 15.9 Å². The first-order valence-electron chi connectivity index (χ1n) is 7.41. The van der Waals surface area contributed by atoms with E-state index in [1.165, 1.54) is 13.0 Å². The van der Waals surface area contributed by atoms with Crippen molar-refractivity contribution in [3.8, 4) is 0 Å². The standard InChI is InChI=1S/C17H18F2N2O3S/c1-11-4-7-14(8-5-11)21(25(3,23)24)12(2)17(22)20-13-6-9-15(18)16(19)10-13/h4-10,12H,1-3H3,(H,20,22)/t12-/m0/s1. The molecule has 0 heterocycles. The SMILES string of the molecule is Cc1ccc(N([C@@H](C)C(=O)Nc2ccc(F)c(F)c2)S(C)(=O)=O)cc1. The van der Waals surface area contributed by atoms with Crippen molar-refractivity contribution in [3.63, 3.8) is 0 Å². The number of amides is 1. The van der Waals surface area contributed by atoms with E-state index in [9.17, 15) is 22.0 Å². The van der Waals surface area contributed by atoms with Gasteiger partial charge in [-0.2, -0.15) is 0 Å². The van der Waals surface area contributed by atoms with Gasteiger partial charge >= 0.3 is 0 Å². The summed E-state index contributed by atoms with van der Waals surface area (Å²) in [6.45, 7) is 3.27. The molecule has 0 bridgehead atoms. The van der Waals surface area contributed by atoms with Gasteiger partial charge in [-0.25, -0.2) is 17.2 Å². The molecule has 0 aliphatic rings. The Labute approximate surface area is 145 Å². The van der Waals surface area contributed by atoms with Crippen LogP contribution in [-0.4, -0.2) is 26.6 Å². The number of aryl methyl sites for hydroxylation is 1. The average molecular weight is 368 g/mol. The van der Waals surface area contributed by atoms with E-state index in [2.05, 4.69) is 5.32 Å². The lowest BCUT2D eigenvalue weighted by Gasteiger charge is -2.28. The molecule has 2 aromatic rings. The molecule has 8 heteroatoms. The molecule has 2 aromatic carbocycles. The molecule has 0 fully saturated rings. The third kappa shape index (κ3) is 4.54.